The van der Waals surface area contributed by atoms with Gasteiger partial charge in [0.2, 0.25) is 0 Å². The second kappa shape index (κ2) is 14.8. The van der Waals surface area contributed by atoms with Crippen LogP contribution in [0.2, 0.25) is 0 Å². The SMILES string of the molecule is CCN(CC)c1ccc(CNC(=NC)NC2CCN(CCOC(C)C)CC2)cc1F.I. The lowest BCUT2D eigenvalue weighted by Crippen LogP contribution is -2.49. The molecule has 2 rings (SSSR count). The smallest absolute Gasteiger partial charge is 0.191 e. The van der Waals surface area contributed by atoms with Crippen LogP contribution in [-0.4, -0.2) is 69.4 Å². The monoisotopic (exact) mass is 549 g/mol. The van der Waals surface area contributed by atoms with Crippen molar-refractivity contribution in [1.29, 1.82) is 0 Å². The van der Waals surface area contributed by atoms with Crippen LogP contribution in [0, 0.1) is 5.82 Å². The highest BCUT2D eigenvalue weighted by Crippen LogP contribution is 2.20. The van der Waals surface area contributed by atoms with Gasteiger partial charge in [-0.1, -0.05) is 6.07 Å². The van der Waals surface area contributed by atoms with Gasteiger partial charge in [-0.25, -0.2) is 4.39 Å². The number of piperidine rings is 1. The zero-order valence-electron chi connectivity index (χ0n) is 19.8. The Morgan fingerprint density at radius 1 is 1.26 bits per heavy atom. The fourth-order valence-electron chi connectivity index (χ4n) is 3.77. The van der Waals surface area contributed by atoms with E-state index < -0.39 is 0 Å². The molecular weight excluding hydrogens is 508 g/mol. The van der Waals surface area contributed by atoms with Gasteiger partial charge in [0.15, 0.2) is 5.96 Å². The van der Waals surface area contributed by atoms with E-state index in [1.165, 1.54) is 0 Å². The van der Waals surface area contributed by atoms with Crippen LogP contribution in [0.5, 0.6) is 0 Å². The number of guanidine groups is 1. The summed E-state index contributed by atoms with van der Waals surface area (Å²) < 4.78 is 20.1. The van der Waals surface area contributed by atoms with Crippen LogP contribution in [0.25, 0.3) is 0 Å². The molecule has 0 spiro atoms. The lowest BCUT2D eigenvalue weighted by atomic mass is 10.1. The Kier molecular flexibility index (Phi) is 13.4. The van der Waals surface area contributed by atoms with Crippen molar-refractivity contribution in [3.05, 3.63) is 29.6 Å². The first kappa shape index (κ1) is 27.9. The van der Waals surface area contributed by atoms with Crippen LogP contribution in [0.15, 0.2) is 23.2 Å². The summed E-state index contributed by atoms with van der Waals surface area (Å²) in [7, 11) is 1.78. The van der Waals surface area contributed by atoms with Crippen molar-refractivity contribution >= 4 is 35.6 Å². The summed E-state index contributed by atoms with van der Waals surface area (Å²) in [5.41, 5.74) is 1.57. The van der Waals surface area contributed by atoms with Crippen LogP contribution in [0.1, 0.15) is 46.1 Å². The largest absolute Gasteiger partial charge is 0.377 e. The first-order valence-corrected chi connectivity index (χ1v) is 11.3. The van der Waals surface area contributed by atoms with Crippen LogP contribution < -0.4 is 15.5 Å². The van der Waals surface area contributed by atoms with Gasteiger partial charge >= 0.3 is 0 Å². The predicted octanol–water partition coefficient (Wildman–Crippen LogP) is 3.84. The molecule has 0 radical (unpaired) electrons. The van der Waals surface area contributed by atoms with E-state index in [1.54, 1.807) is 13.1 Å². The highest BCUT2D eigenvalue weighted by molar-refractivity contribution is 14.0. The summed E-state index contributed by atoms with van der Waals surface area (Å²) >= 11 is 0. The van der Waals surface area contributed by atoms with Crippen LogP contribution >= 0.6 is 24.0 Å². The number of aliphatic imine (C=N–C) groups is 1. The lowest BCUT2D eigenvalue weighted by Gasteiger charge is -2.33. The molecule has 0 aromatic heterocycles. The first-order chi connectivity index (χ1) is 14.5. The molecule has 0 atom stereocenters. The Balaban J connectivity index is 0.00000480. The second-order valence-electron chi connectivity index (χ2n) is 8.06. The summed E-state index contributed by atoms with van der Waals surface area (Å²) in [4.78, 5) is 8.82. The Morgan fingerprint density at radius 3 is 2.48 bits per heavy atom. The molecular formula is C23H41FIN5O. The molecule has 0 unspecified atom stereocenters. The van der Waals surface area contributed by atoms with Crippen molar-refractivity contribution in [2.24, 2.45) is 4.99 Å². The molecule has 178 valence electrons. The van der Waals surface area contributed by atoms with E-state index in [2.05, 4.69) is 34.4 Å². The number of nitrogens with zero attached hydrogens (tertiary/aromatic N) is 3. The molecule has 0 saturated carbocycles. The minimum absolute atomic E-state index is 0. The average molecular weight is 550 g/mol. The van der Waals surface area contributed by atoms with Crippen LogP contribution in [-0.2, 0) is 11.3 Å². The molecule has 0 aliphatic carbocycles. The number of hydrogen-bond donors (Lipinski definition) is 2. The highest BCUT2D eigenvalue weighted by atomic mass is 127. The van der Waals surface area contributed by atoms with Gasteiger partial charge in [0, 0.05) is 52.4 Å². The third-order valence-corrected chi connectivity index (χ3v) is 5.59. The summed E-state index contributed by atoms with van der Waals surface area (Å²) in [5.74, 6) is 0.597. The fraction of sp³-hybridized carbons (Fsp3) is 0.696. The minimum Gasteiger partial charge on any atom is -0.377 e. The van der Waals surface area contributed by atoms with Crippen molar-refractivity contribution in [2.75, 3.05) is 51.3 Å². The van der Waals surface area contributed by atoms with Gasteiger partial charge in [0.1, 0.15) is 5.82 Å². The van der Waals surface area contributed by atoms with Crippen molar-refractivity contribution < 1.29 is 9.13 Å². The molecule has 0 amide bonds. The lowest BCUT2D eigenvalue weighted by molar-refractivity contribution is 0.0532. The van der Waals surface area contributed by atoms with Gasteiger partial charge in [-0.15, -0.1) is 24.0 Å². The Labute approximate surface area is 205 Å². The maximum Gasteiger partial charge on any atom is 0.191 e. The van der Waals surface area contributed by atoms with Crippen molar-refractivity contribution in [3.63, 3.8) is 0 Å². The van der Waals surface area contributed by atoms with E-state index in [4.69, 9.17) is 4.74 Å². The number of hydrogen-bond acceptors (Lipinski definition) is 4. The van der Waals surface area contributed by atoms with Gasteiger partial charge in [0.05, 0.1) is 18.4 Å². The normalized spacial score (nSPS) is 15.6. The Morgan fingerprint density at radius 2 is 1.94 bits per heavy atom. The van der Waals surface area contributed by atoms with E-state index in [0.29, 0.717) is 24.4 Å². The van der Waals surface area contributed by atoms with Gasteiger partial charge in [-0.05, 0) is 58.2 Å². The molecule has 1 heterocycles. The van der Waals surface area contributed by atoms with Crippen LogP contribution in [0.3, 0.4) is 0 Å². The number of likely N-dealkylation sites (tertiary alicyclic amines) is 1. The number of ether oxygens (including phenoxy) is 1. The van der Waals surface area contributed by atoms with Crippen LogP contribution in [0.4, 0.5) is 10.1 Å². The molecule has 1 aliphatic heterocycles. The topological polar surface area (TPSA) is 52.1 Å². The van der Waals surface area contributed by atoms with Gasteiger partial charge in [-0.2, -0.15) is 0 Å². The molecule has 0 bridgehead atoms. The van der Waals surface area contributed by atoms with E-state index in [-0.39, 0.29) is 29.8 Å². The molecule has 1 aromatic carbocycles. The van der Waals surface area contributed by atoms with E-state index >= 15 is 0 Å². The van der Waals surface area contributed by atoms with Crippen molar-refractivity contribution in [3.8, 4) is 0 Å². The van der Waals surface area contributed by atoms with E-state index in [9.17, 15) is 4.39 Å². The first-order valence-electron chi connectivity index (χ1n) is 11.3. The molecule has 8 heteroatoms. The maximum atomic E-state index is 14.5. The zero-order valence-corrected chi connectivity index (χ0v) is 22.1. The summed E-state index contributed by atoms with van der Waals surface area (Å²) in [5, 5.41) is 6.83. The standard InChI is InChI=1S/C23H40FN5O.HI/c1-6-29(7-2)22-9-8-19(16-21(22)24)17-26-23(25-5)27-20-10-12-28(13-11-20)14-15-30-18(3)4;/h8-9,16,18,20H,6-7,10-15,17H2,1-5H3,(H2,25,26,27);1H. The van der Waals surface area contributed by atoms with E-state index in [1.807, 2.05) is 30.9 Å². The highest BCUT2D eigenvalue weighted by Gasteiger charge is 2.20. The molecule has 1 saturated heterocycles. The van der Waals surface area contributed by atoms with Crippen molar-refractivity contribution in [2.45, 2.75) is 59.2 Å². The quantitative estimate of drug-likeness (QED) is 0.264. The third-order valence-electron chi connectivity index (χ3n) is 5.59. The maximum absolute atomic E-state index is 14.5. The fourth-order valence-corrected chi connectivity index (χ4v) is 3.77. The van der Waals surface area contributed by atoms with Crippen molar-refractivity contribution in [1.82, 2.24) is 15.5 Å². The average Bonchev–Trinajstić information content (AvgIpc) is 2.74. The molecule has 1 aromatic rings. The number of anilines is 1. The molecule has 6 nitrogen and oxygen atoms in total. The predicted molar refractivity (Wildman–Crippen MR) is 139 cm³/mol. The number of nitrogens with one attached hydrogen (secondary N) is 2. The molecule has 31 heavy (non-hydrogen) atoms. The summed E-state index contributed by atoms with van der Waals surface area (Å²) in [6.07, 6.45) is 2.45. The number of benzene rings is 1. The number of rotatable bonds is 10. The Hall–Kier alpha value is -1.13. The second-order valence-corrected chi connectivity index (χ2v) is 8.06. The summed E-state index contributed by atoms with van der Waals surface area (Å²) in [6, 6.07) is 5.87. The third kappa shape index (κ3) is 9.49. The van der Waals surface area contributed by atoms with Gasteiger partial charge in [-0.3, -0.25) is 4.99 Å². The summed E-state index contributed by atoms with van der Waals surface area (Å²) in [6.45, 7) is 14.3. The Bertz CT molecular complexity index is 661. The van der Waals surface area contributed by atoms with Gasteiger partial charge < -0.3 is 25.2 Å². The number of halogens is 2. The molecule has 1 aliphatic rings. The molecule has 1 fully saturated rings. The van der Waals surface area contributed by atoms with E-state index in [0.717, 1.165) is 63.7 Å². The minimum atomic E-state index is -0.172. The molecule has 2 N–H and O–H groups in total. The van der Waals surface area contributed by atoms with Gasteiger partial charge in [0.25, 0.3) is 0 Å². The zero-order chi connectivity index (χ0) is 21.9.